The fraction of sp³-hybridized carbons (Fsp3) is 0.556. The third-order valence-electron chi connectivity index (χ3n) is 10.2. The molecule has 2 aliphatic heterocycles. The zero-order valence-electron chi connectivity index (χ0n) is 27.2. The van der Waals surface area contributed by atoms with Crippen molar-refractivity contribution in [3.8, 4) is 0 Å². The van der Waals surface area contributed by atoms with Gasteiger partial charge >= 0.3 is 0 Å². The maximum Gasteiger partial charge on any atom is 0.251 e. The number of piperidine rings is 1. The largest absolute Gasteiger partial charge is 0.390 e. The molecule has 10 heteroatoms. The van der Waals surface area contributed by atoms with Crippen LogP contribution in [-0.4, -0.2) is 82.9 Å². The van der Waals surface area contributed by atoms with Crippen molar-refractivity contribution in [3.63, 3.8) is 0 Å². The van der Waals surface area contributed by atoms with Crippen molar-refractivity contribution in [1.82, 2.24) is 25.8 Å². The van der Waals surface area contributed by atoms with Crippen LogP contribution in [-0.2, 0) is 22.7 Å². The molecule has 0 radical (unpaired) electrons. The van der Waals surface area contributed by atoms with Gasteiger partial charge in [0.05, 0.1) is 6.10 Å². The number of piperazine rings is 1. The first-order valence-corrected chi connectivity index (χ1v) is 17.0. The van der Waals surface area contributed by atoms with Crippen LogP contribution < -0.4 is 16.0 Å². The molecular weight excluding hydrogens is 582 g/mol. The Morgan fingerprint density at radius 2 is 1.54 bits per heavy atom. The molecule has 46 heavy (non-hydrogen) atoms. The second-order valence-electron chi connectivity index (χ2n) is 13.1. The summed E-state index contributed by atoms with van der Waals surface area (Å²) in [5, 5.41) is 19.7. The van der Waals surface area contributed by atoms with E-state index in [0.29, 0.717) is 56.7 Å². The smallest absolute Gasteiger partial charge is 0.251 e. The van der Waals surface area contributed by atoms with Gasteiger partial charge in [0.15, 0.2) is 0 Å². The highest BCUT2D eigenvalue weighted by atomic mass is 16.3. The van der Waals surface area contributed by atoms with Crippen LogP contribution in [0, 0.1) is 5.92 Å². The first-order valence-electron chi connectivity index (χ1n) is 17.0. The summed E-state index contributed by atoms with van der Waals surface area (Å²) >= 11 is 0. The summed E-state index contributed by atoms with van der Waals surface area (Å²) in [4.78, 5) is 56.2. The van der Waals surface area contributed by atoms with E-state index in [2.05, 4.69) is 27.8 Å². The number of hydrogen-bond acceptors (Lipinski definition) is 6. The zero-order chi connectivity index (χ0) is 32.7. The molecule has 2 heterocycles. The van der Waals surface area contributed by atoms with Crippen LogP contribution >= 0.6 is 0 Å². The van der Waals surface area contributed by atoms with Crippen LogP contribution in [0.5, 0.6) is 0 Å². The maximum absolute atomic E-state index is 13.9. The minimum atomic E-state index is -0.879. The predicted octanol–water partition coefficient (Wildman–Crippen LogP) is 3.38. The fourth-order valence-corrected chi connectivity index (χ4v) is 7.26. The molecule has 2 atom stereocenters. The number of nitrogens with zero attached hydrogens (tertiary/aromatic N) is 2. The van der Waals surface area contributed by atoms with E-state index in [1.807, 2.05) is 41.3 Å². The van der Waals surface area contributed by atoms with E-state index in [1.165, 1.54) is 0 Å². The molecule has 1 saturated carbocycles. The summed E-state index contributed by atoms with van der Waals surface area (Å²) in [6.07, 6.45) is 7.07. The highest BCUT2D eigenvalue weighted by Crippen LogP contribution is 2.36. The predicted molar refractivity (Wildman–Crippen MR) is 176 cm³/mol. The molecule has 2 aromatic rings. The molecule has 2 saturated heterocycles. The van der Waals surface area contributed by atoms with Gasteiger partial charge in [-0.3, -0.25) is 24.1 Å². The van der Waals surface area contributed by atoms with Gasteiger partial charge in [-0.1, -0.05) is 56.9 Å². The molecule has 5 rings (SSSR count). The molecule has 3 fully saturated rings. The monoisotopic (exact) mass is 631 g/mol. The van der Waals surface area contributed by atoms with Gasteiger partial charge < -0.3 is 26.0 Å². The SMILES string of the molecule is CCCCN1C(=O)[C@@H](C(O)C2CCCCC2)NC(=O)C12CCN(Cc1ccc(C(=O)NCc3ccc(C(=O)NC)cc3)cc1)CC2. The summed E-state index contributed by atoms with van der Waals surface area (Å²) in [6.45, 7) is 4.99. The molecule has 0 bridgehead atoms. The second-order valence-corrected chi connectivity index (χ2v) is 13.1. The average Bonchev–Trinajstić information content (AvgIpc) is 3.10. The lowest BCUT2D eigenvalue weighted by Gasteiger charge is -2.52. The summed E-state index contributed by atoms with van der Waals surface area (Å²) in [5.41, 5.74) is 2.23. The van der Waals surface area contributed by atoms with E-state index in [9.17, 15) is 24.3 Å². The van der Waals surface area contributed by atoms with Crippen molar-refractivity contribution in [2.24, 2.45) is 5.92 Å². The lowest BCUT2D eigenvalue weighted by molar-refractivity contribution is -0.166. The minimum Gasteiger partial charge on any atom is -0.390 e. The van der Waals surface area contributed by atoms with Crippen molar-refractivity contribution in [2.45, 2.75) is 95.5 Å². The fourth-order valence-electron chi connectivity index (χ4n) is 7.26. The average molecular weight is 632 g/mol. The molecule has 0 aromatic heterocycles. The molecule has 4 amide bonds. The molecule has 248 valence electrons. The number of amides is 4. The Labute approximate surface area is 272 Å². The summed E-state index contributed by atoms with van der Waals surface area (Å²) in [5.74, 6) is -0.524. The molecule has 1 unspecified atom stereocenters. The maximum atomic E-state index is 13.9. The second kappa shape index (κ2) is 15.2. The molecule has 10 nitrogen and oxygen atoms in total. The highest BCUT2D eigenvalue weighted by Gasteiger charge is 2.55. The van der Waals surface area contributed by atoms with Gasteiger partial charge in [0.25, 0.3) is 11.8 Å². The topological polar surface area (TPSA) is 131 Å². The normalized spacial score (nSPS) is 21.1. The third kappa shape index (κ3) is 7.44. The van der Waals surface area contributed by atoms with E-state index in [0.717, 1.165) is 56.1 Å². The van der Waals surface area contributed by atoms with Crippen molar-refractivity contribution in [2.75, 3.05) is 26.7 Å². The van der Waals surface area contributed by atoms with E-state index in [-0.39, 0.29) is 29.5 Å². The van der Waals surface area contributed by atoms with Gasteiger partial charge in [-0.25, -0.2) is 0 Å². The van der Waals surface area contributed by atoms with E-state index < -0.39 is 17.7 Å². The summed E-state index contributed by atoms with van der Waals surface area (Å²) in [6, 6.07) is 13.8. The van der Waals surface area contributed by atoms with E-state index in [4.69, 9.17) is 0 Å². The molecule has 2 aromatic carbocycles. The zero-order valence-corrected chi connectivity index (χ0v) is 27.2. The Hall–Kier alpha value is -3.76. The van der Waals surface area contributed by atoms with Crippen molar-refractivity contribution >= 4 is 23.6 Å². The van der Waals surface area contributed by atoms with Gasteiger partial charge in [-0.05, 0) is 73.4 Å². The van der Waals surface area contributed by atoms with Crippen LogP contribution in [0.25, 0.3) is 0 Å². The molecular formula is C36H49N5O5. The Morgan fingerprint density at radius 1 is 0.935 bits per heavy atom. The first-order chi connectivity index (χ1) is 22.3. The summed E-state index contributed by atoms with van der Waals surface area (Å²) in [7, 11) is 1.59. The molecule has 4 N–H and O–H groups in total. The lowest BCUT2D eigenvalue weighted by Crippen LogP contribution is -2.75. The quantitative estimate of drug-likeness (QED) is 0.301. The van der Waals surface area contributed by atoms with Crippen molar-refractivity contribution in [3.05, 3.63) is 70.8 Å². The Morgan fingerprint density at radius 3 is 2.15 bits per heavy atom. The van der Waals surface area contributed by atoms with Gasteiger partial charge in [0.1, 0.15) is 11.6 Å². The van der Waals surface area contributed by atoms with Gasteiger partial charge in [-0.2, -0.15) is 0 Å². The van der Waals surface area contributed by atoms with E-state index >= 15 is 0 Å². The van der Waals surface area contributed by atoms with E-state index in [1.54, 1.807) is 19.2 Å². The highest BCUT2D eigenvalue weighted by molar-refractivity contribution is 6.00. The molecule has 1 aliphatic carbocycles. The third-order valence-corrected chi connectivity index (χ3v) is 10.2. The number of aliphatic hydroxyl groups excluding tert-OH is 1. The number of carbonyl (C=O) groups is 4. The van der Waals surface area contributed by atoms with Crippen LogP contribution in [0.1, 0.15) is 96.6 Å². The molecule has 3 aliphatic rings. The number of nitrogens with one attached hydrogen (secondary N) is 3. The van der Waals surface area contributed by atoms with Gasteiger partial charge in [0, 0.05) is 50.9 Å². The number of aliphatic hydroxyl groups is 1. The van der Waals surface area contributed by atoms with Crippen LogP contribution in [0.15, 0.2) is 48.5 Å². The molecule has 1 spiro atoms. The Balaban J connectivity index is 1.15. The number of unbranched alkanes of at least 4 members (excludes halogenated alkanes) is 1. The number of likely N-dealkylation sites (tertiary alicyclic amines) is 1. The van der Waals surface area contributed by atoms with Crippen molar-refractivity contribution in [1.29, 1.82) is 0 Å². The number of benzene rings is 2. The standard InChI is InChI=1S/C36H49N5O5/c1-3-4-20-41-34(45)30(31(42)27-8-6-5-7-9-27)39-35(46)36(41)18-21-40(22-19-36)24-26-12-16-29(17-13-26)33(44)38-23-25-10-14-28(15-11-25)32(43)37-2/h10-17,27,30-31,42H,3-9,18-24H2,1-2H3,(H,37,43)(H,38,44)(H,39,46)/t30-,31?/m1/s1. The van der Waals surface area contributed by atoms with Crippen molar-refractivity contribution < 1.29 is 24.3 Å². The van der Waals surface area contributed by atoms with Crippen LogP contribution in [0.2, 0.25) is 0 Å². The van der Waals surface area contributed by atoms with Gasteiger partial charge in [-0.15, -0.1) is 0 Å². The minimum absolute atomic E-state index is 0.0538. The number of carbonyl (C=O) groups excluding carboxylic acids is 4. The summed E-state index contributed by atoms with van der Waals surface area (Å²) < 4.78 is 0. The lowest BCUT2D eigenvalue weighted by atomic mass is 9.78. The number of hydrogen-bond donors (Lipinski definition) is 4. The Bertz CT molecular complexity index is 1360. The van der Waals surface area contributed by atoms with Crippen LogP contribution in [0.3, 0.4) is 0 Å². The first kappa shape index (κ1) is 33.6. The number of rotatable bonds is 11. The van der Waals surface area contributed by atoms with Gasteiger partial charge in [0.2, 0.25) is 11.8 Å². The Kier molecular flexibility index (Phi) is 11.1. The van der Waals surface area contributed by atoms with Crippen LogP contribution in [0.4, 0.5) is 0 Å².